The molecule has 0 saturated heterocycles. The number of hydrogen-bond acceptors (Lipinski definition) is 2. The summed E-state index contributed by atoms with van der Waals surface area (Å²) in [7, 11) is 4.04. The van der Waals surface area contributed by atoms with Crippen LogP contribution in [0.25, 0.3) is 0 Å². The molecule has 60 valence electrons. The third kappa shape index (κ3) is 4.73. The Morgan fingerprint density at radius 2 is 2.00 bits per heavy atom. The summed E-state index contributed by atoms with van der Waals surface area (Å²) in [6.07, 6.45) is 0.645. The Balaban J connectivity index is 3.42. The summed E-state index contributed by atoms with van der Waals surface area (Å²) in [6, 6.07) is 0. The van der Waals surface area contributed by atoms with Crippen LogP contribution in [0.1, 0.15) is 6.42 Å². The summed E-state index contributed by atoms with van der Waals surface area (Å²) in [5, 5.41) is 9.64. The van der Waals surface area contributed by atoms with Crippen molar-refractivity contribution in [2.45, 2.75) is 6.42 Å². The monoisotopic (exact) mass is 145 g/mol. The van der Waals surface area contributed by atoms with E-state index in [0.717, 1.165) is 17.6 Å². The minimum atomic E-state index is 0.257. The van der Waals surface area contributed by atoms with Crippen molar-refractivity contribution in [3.8, 4) is 0 Å². The van der Waals surface area contributed by atoms with Gasteiger partial charge in [-0.15, -0.1) is 0 Å². The van der Waals surface area contributed by atoms with E-state index < -0.39 is 0 Å². The van der Waals surface area contributed by atoms with Crippen molar-refractivity contribution in [2.24, 2.45) is 0 Å². The first-order valence-electron chi connectivity index (χ1n) is 3.39. The van der Waals surface area contributed by atoms with Crippen LogP contribution >= 0.6 is 0 Å². The van der Waals surface area contributed by atoms with E-state index in [1.807, 2.05) is 14.1 Å². The standard InChI is InChI=1S/C7H15NO2/c1-4-5-8(2,3)6-7-10-9/h1H,4-7H2,2-3H3. The van der Waals surface area contributed by atoms with Gasteiger partial charge in [0.1, 0.15) is 6.54 Å². The van der Waals surface area contributed by atoms with Crippen molar-refractivity contribution in [1.82, 2.24) is 0 Å². The maximum Gasteiger partial charge on any atom is 0.101 e. The van der Waals surface area contributed by atoms with Gasteiger partial charge < -0.3 is 14.6 Å². The molecule has 0 aromatic carbocycles. The molecule has 3 heteroatoms. The van der Waals surface area contributed by atoms with E-state index in [-0.39, 0.29) is 6.61 Å². The predicted molar refractivity (Wildman–Crippen MR) is 36.7 cm³/mol. The van der Waals surface area contributed by atoms with Crippen molar-refractivity contribution in [3.63, 3.8) is 0 Å². The molecule has 0 aliphatic rings. The summed E-state index contributed by atoms with van der Waals surface area (Å²) in [6.45, 7) is 7.21. The second-order valence-corrected chi connectivity index (χ2v) is 2.99. The molecule has 0 saturated carbocycles. The lowest BCUT2D eigenvalue weighted by molar-refractivity contribution is -0.895. The lowest BCUT2D eigenvalue weighted by Gasteiger charge is -2.29. The molecule has 2 radical (unpaired) electrons. The number of rotatable bonds is 5. The molecule has 0 N–H and O–H groups in total. The molecule has 0 aliphatic heterocycles. The molecular formula is C7H15NO2. The molecule has 0 rings (SSSR count). The average molecular weight is 145 g/mol. The maximum atomic E-state index is 9.64. The molecule has 0 aromatic rings. The molecule has 0 fully saturated rings. The number of hydrogen-bond donors (Lipinski definition) is 0. The smallest absolute Gasteiger partial charge is 0.101 e. The van der Waals surface area contributed by atoms with Gasteiger partial charge in [0.25, 0.3) is 0 Å². The number of quaternary nitrogens is 1. The number of nitrogens with zero attached hydrogens (tertiary/aromatic N) is 1. The summed E-state index contributed by atoms with van der Waals surface area (Å²) in [4.78, 5) is 3.72. The Hall–Kier alpha value is -0.120. The van der Waals surface area contributed by atoms with Gasteiger partial charge in [-0.2, -0.15) is 0 Å². The topological polar surface area (TPSA) is 32.3 Å². The lowest BCUT2D eigenvalue weighted by atomic mass is 10.4. The van der Waals surface area contributed by atoms with Crippen LogP contribution in [0.4, 0.5) is 0 Å². The highest BCUT2D eigenvalue weighted by atomic mass is 17.1. The maximum absolute atomic E-state index is 9.64. The third-order valence-corrected chi connectivity index (χ3v) is 1.51. The fraction of sp³-hybridized carbons (Fsp3) is 0.857. The molecule has 0 heterocycles. The van der Waals surface area contributed by atoms with Gasteiger partial charge in [-0.3, -0.25) is 0 Å². The van der Waals surface area contributed by atoms with Crippen molar-refractivity contribution in [1.29, 1.82) is 0 Å². The fourth-order valence-electron chi connectivity index (χ4n) is 0.746. The van der Waals surface area contributed by atoms with Crippen molar-refractivity contribution in [3.05, 3.63) is 6.92 Å². The fourth-order valence-corrected chi connectivity index (χ4v) is 0.746. The zero-order valence-electron chi connectivity index (χ0n) is 6.67. The van der Waals surface area contributed by atoms with Crippen LogP contribution in [0.3, 0.4) is 0 Å². The Bertz CT molecular complexity index is 83.7. The zero-order chi connectivity index (χ0) is 8.04. The molecular weight excluding hydrogens is 130 g/mol. The van der Waals surface area contributed by atoms with E-state index in [9.17, 15) is 5.26 Å². The van der Waals surface area contributed by atoms with E-state index >= 15 is 0 Å². The summed E-state index contributed by atoms with van der Waals surface area (Å²) >= 11 is 0. The van der Waals surface area contributed by atoms with Gasteiger partial charge in [-0.1, -0.05) is 0 Å². The number of likely N-dealkylation sites (N-methyl/N-ethyl adjacent to an activating group) is 1. The van der Waals surface area contributed by atoms with Gasteiger partial charge in [0.2, 0.25) is 0 Å². The second kappa shape index (κ2) is 4.66. The molecule has 0 unspecified atom stereocenters. The average Bonchev–Trinajstić information content (AvgIpc) is 1.84. The normalized spacial score (nSPS) is 12.0. The van der Waals surface area contributed by atoms with E-state index in [1.54, 1.807) is 0 Å². The van der Waals surface area contributed by atoms with Gasteiger partial charge in [-0.05, 0) is 13.3 Å². The molecule has 0 atom stereocenters. The Morgan fingerprint density at radius 3 is 2.40 bits per heavy atom. The van der Waals surface area contributed by atoms with Gasteiger partial charge >= 0.3 is 0 Å². The van der Waals surface area contributed by atoms with Crippen LogP contribution in [-0.2, 0) is 4.89 Å². The second-order valence-electron chi connectivity index (χ2n) is 2.99. The van der Waals surface area contributed by atoms with E-state index in [2.05, 4.69) is 4.89 Å². The molecule has 0 aromatic heterocycles. The summed E-state index contributed by atoms with van der Waals surface area (Å²) in [5.74, 6) is 0. The third-order valence-electron chi connectivity index (χ3n) is 1.51. The minimum absolute atomic E-state index is 0.257. The predicted octanol–water partition coefficient (Wildman–Crippen LogP) is -0.544. The Morgan fingerprint density at radius 1 is 1.40 bits per heavy atom. The summed E-state index contributed by atoms with van der Waals surface area (Å²) in [5.41, 5.74) is 0. The Labute approximate surface area is 62.7 Å². The minimum Gasteiger partial charge on any atom is -0.723 e. The van der Waals surface area contributed by atoms with Crippen LogP contribution < -0.4 is 5.26 Å². The first-order chi connectivity index (χ1) is 4.62. The first-order valence-corrected chi connectivity index (χ1v) is 3.39. The van der Waals surface area contributed by atoms with Gasteiger partial charge in [0.05, 0.1) is 27.2 Å². The van der Waals surface area contributed by atoms with Gasteiger partial charge in [0.15, 0.2) is 0 Å². The van der Waals surface area contributed by atoms with Gasteiger partial charge in [-0.25, -0.2) is 0 Å². The largest absolute Gasteiger partial charge is 0.723 e. The molecule has 0 aliphatic carbocycles. The van der Waals surface area contributed by atoms with Crippen LogP contribution in [0, 0.1) is 6.92 Å². The van der Waals surface area contributed by atoms with E-state index in [1.165, 1.54) is 0 Å². The van der Waals surface area contributed by atoms with Crippen LogP contribution in [0.15, 0.2) is 0 Å². The van der Waals surface area contributed by atoms with Crippen LogP contribution in [-0.4, -0.2) is 38.3 Å². The molecule has 0 amide bonds. The van der Waals surface area contributed by atoms with Gasteiger partial charge in [0, 0.05) is 0 Å². The highest BCUT2D eigenvalue weighted by molar-refractivity contribution is 4.37. The van der Waals surface area contributed by atoms with E-state index in [4.69, 9.17) is 6.92 Å². The molecule has 10 heavy (non-hydrogen) atoms. The lowest BCUT2D eigenvalue weighted by Crippen LogP contribution is -2.43. The van der Waals surface area contributed by atoms with E-state index in [0.29, 0.717) is 6.42 Å². The van der Waals surface area contributed by atoms with Crippen molar-refractivity contribution < 1.29 is 14.6 Å². The summed E-state index contributed by atoms with van der Waals surface area (Å²) < 4.78 is 0.749. The molecule has 3 nitrogen and oxygen atoms in total. The SMILES string of the molecule is [CH]CC[N+](C)(C)CCO[O-]. The highest BCUT2D eigenvalue weighted by Crippen LogP contribution is 1.97. The highest BCUT2D eigenvalue weighted by Gasteiger charge is 2.11. The zero-order valence-corrected chi connectivity index (χ0v) is 6.67. The van der Waals surface area contributed by atoms with Crippen LogP contribution in [0.2, 0.25) is 0 Å². The Kier molecular flexibility index (Phi) is 4.60. The quantitative estimate of drug-likeness (QED) is 0.295. The molecule has 0 spiro atoms. The van der Waals surface area contributed by atoms with Crippen molar-refractivity contribution >= 4 is 0 Å². The molecule has 0 bridgehead atoms. The van der Waals surface area contributed by atoms with Crippen LogP contribution in [0.5, 0.6) is 0 Å². The van der Waals surface area contributed by atoms with Crippen molar-refractivity contribution in [2.75, 3.05) is 33.8 Å². The first kappa shape index (κ1) is 9.88.